The number of hydrogen-bond acceptors (Lipinski definition) is 11. The molecule has 3 aromatic carbocycles. The number of nitrogens with zero attached hydrogens (tertiary/aromatic N) is 3. The molecule has 0 aliphatic heterocycles. The van der Waals surface area contributed by atoms with Gasteiger partial charge in [0.1, 0.15) is 9.22 Å². The molecule has 6 aromatic rings. The van der Waals surface area contributed by atoms with Crippen LogP contribution in [0, 0.1) is 0 Å². The minimum Gasteiger partial charge on any atom is -0.325 e. The van der Waals surface area contributed by atoms with E-state index in [0.29, 0.717) is 9.90 Å². The minimum atomic E-state index is -3.46. The SMILES string of the molecule is CCc1cccc(S(=O)(=O)c2cnc(CN)s2)c1.CCc1cccc(S)c1.CCc1cccc(Sc2cnc(CC)s2)c1.CCc1ncc(Br)s1.Cl. The Morgan fingerprint density at radius 2 is 1.25 bits per heavy atom. The lowest BCUT2D eigenvalue weighted by atomic mass is 10.2. The number of benzene rings is 3. The standard InChI is InChI=1S/C13H15NS2.C12H14N2O2S2.C8H10S.C5H6BrNS.ClH/c1-3-10-6-5-7-11(8-10)15-13-9-14-12(4-2)16-13;1-2-9-4-3-5-10(6-9)18(15,16)12-8-14-11(7-13)17-12;1-2-7-4-3-5-8(9)6-7;1-2-5-7-3-4(6)8-5;/h5-9H,3-4H2,1-2H3;3-6,8H,2,7,13H2,1H3;3-6,9H,2H2,1H3;3H,2H2,1H3;1H. The van der Waals surface area contributed by atoms with E-state index in [1.807, 2.05) is 49.3 Å². The lowest BCUT2D eigenvalue weighted by Crippen LogP contribution is -2.00. The van der Waals surface area contributed by atoms with Crippen molar-refractivity contribution in [2.75, 3.05) is 0 Å². The zero-order valence-corrected chi connectivity index (χ0v) is 37.3. The summed E-state index contributed by atoms with van der Waals surface area (Å²) in [6.07, 6.45) is 10.2. The maximum atomic E-state index is 12.4. The molecular weight excluding hydrogens is 852 g/mol. The summed E-state index contributed by atoms with van der Waals surface area (Å²) < 4.78 is 27.4. The molecule has 14 heteroatoms. The summed E-state index contributed by atoms with van der Waals surface area (Å²) in [5.74, 6) is 0. The van der Waals surface area contributed by atoms with Crippen molar-refractivity contribution in [3.05, 3.63) is 127 Å². The Morgan fingerprint density at radius 3 is 1.75 bits per heavy atom. The number of aromatic nitrogens is 3. The van der Waals surface area contributed by atoms with Crippen molar-refractivity contribution in [3.8, 4) is 0 Å². The molecule has 0 saturated heterocycles. The van der Waals surface area contributed by atoms with Crippen molar-refractivity contribution in [2.45, 2.75) is 96.4 Å². The van der Waals surface area contributed by atoms with Gasteiger partial charge in [0.15, 0.2) is 0 Å². The van der Waals surface area contributed by atoms with Crippen LogP contribution < -0.4 is 5.73 Å². The molecule has 0 bridgehead atoms. The van der Waals surface area contributed by atoms with Crippen LogP contribution in [0.15, 0.2) is 118 Å². The highest BCUT2D eigenvalue weighted by Gasteiger charge is 2.20. The highest BCUT2D eigenvalue weighted by atomic mass is 79.9. The Balaban J connectivity index is 0.000000251. The second-order valence-corrected chi connectivity index (χ2v) is 19.5. The van der Waals surface area contributed by atoms with E-state index in [-0.39, 0.29) is 23.2 Å². The Hall–Kier alpha value is -2.07. The molecule has 6 rings (SSSR count). The Kier molecular flexibility index (Phi) is 21.6. The smallest absolute Gasteiger partial charge is 0.217 e. The molecule has 0 spiro atoms. The summed E-state index contributed by atoms with van der Waals surface area (Å²) in [5, 5.41) is 3.03. The van der Waals surface area contributed by atoms with Gasteiger partial charge in [0, 0.05) is 16.3 Å². The van der Waals surface area contributed by atoms with Crippen molar-refractivity contribution < 1.29 is 8.42 Å². The monoisotopic (exact) mass is 896 g/mol. The number of halogens is 2. The van der Waals surface area contributed by atoms with Gasteiger partial charge in [-0.3, -0.25) is 0 Å². The van der Waals surface area contributed by atoms with E-state index >= 15 is 0 Å². The van der Waals surface area contributed by atoms with Crippen LogP contribution in [0.3, 0.4) is 0 Å². The zero-order chi connectivity index (χ0) is 37.2. The molecule has 0 fully saturated rings. The number of thiazole rings is 3. The summed E-state index contributed by atoms with van der Waals surface area (Å²) in [6.45, 7) is 10.8. The first kappa shape index (κ1) is 46.1. The fourth-order valence-corrected chi connectivity index (χ4v) is 10.3. The average molecular weight is 899 g/mol. The highest BCUT2D eigenvalue weighted by Crippen LogP contribution is 2.32. The van der Waals surface area contributed by atoms with Gasteiger partial charge in [-0.25, -0.2) is 23.4 Å². The molecule has 0 aliphatic carbocycles. The Morgan fingerprint density at radius 1 is 0.692 bits per heavy atom. The van der Waals surface area contributed by atoms with Crippen LogP contribution in [-0.4, -0.2) is 23.4 Å². The number of hydrogen-bond donors (Lipinski definition) is 2. The molecule has 0 aliphatic rings. The molecule has 0 atom stereocenters. The predicted molar refractivity (Wildman–Crippen MR) is 232 cm³/mol. The van der Waals surface area contributed by atoms with Gasteiger partial charge in [-0.05, 0) is 101 Å². The highest BCUT2D eigenvalue weighted by molar-refractivity contribution is 9.11. The van der Waals surface area contributed by atoms with Gasteiger partial charge >= 0.3 is 0 Å². The lowest BCUT2D eigenvalue weighted by molar-refractivity contribution is 0.597. The third-order valence-corrected chi connectivity index (χ3v) is 14.5. The van der Waals surface area contributed by atoms with Crippen LogP contribution in [0.5, 0.6) is 0 Å². The van der Waals surface area contributed by atoms with E-state index in [9.17, 15) is 8.42 Å². The first-order valence-electron chi connectivity index (χ1n) is 16.6. The fourth-order valence-electron chi connectivity index (χ4n) is 4.24. The van der Waals surface area contributed by atoms with Crippen LogP contribution in [0.1, 0.15) is 66.3 Å². The maximum Gasteiger partial charge on any atom is 0.217 e. The second-order valence-electron chi connectivity index (χ2n) is 10.7. The van der Waals surface area contributed by atoms with Crippen LogP contribution in [-0.2, 0) is 48.5 Å². The van der Waals surface area contributed by atoms with Crippen LogP contribution in [0.4, 0.5) is 0 Å². The summed E-state index contributed by atoms with van der Waals surface area (Å²) in [4.78, 5) is 15.1. The van der Waals surface area contributed by atoms with Crippen molar-refractivity contribution in [1.29, 1.82) is 0 Å². The number of nitrogens with two attached hydrogens (primary N) is 1. The van der Waals surface area contributed by atoms with Crippen molar-refractivity contribution in [2.24, 2.45) is 5.73 Å². The third-order valence-electron chi connectivity index (χ3n) is 7.10. The van der Waals surface area contributed by atoms with Gasteiger partial charge in [-0.2, -0.15) is 0 Å². The van der Waals surface area contributed by atoms with Gasteiger partial charge in [-0.1, -0.05) is 82.8 Å². The van der Waals surface area contributed by atoms with Gasteiger partial charge in [0.2, 0.25) is 9.84 Å². The van der Waals surface area contributed by atoms with E-state index < -0.39 is 9.84 Å². The average Bonchev–Trinajstić information content (AvgIpc) is 3.94. The van der Waals surface area contributed by atoms with E-state index in [4.69, 9.17) is 5.73 Å². The molecular formula is C38H46BrClN4O2S6. The molecule has 280 valence electrons. The predicted octanol–water partition coefficient (Wildman–Crippen LogP) is 11.8. The molecule has 3 aromatic heterocycles. The molecule has 52 heavy (non-hydrogen) atoms. The van der Waals surface area contributed by atoms with Gasteiger partial charge in [-0.15, -0.1) is 59.0 Å². The zero-order valence-electron chi connectivity index (χ0n) is 29.9. The first-order valence-corrected chi connectivity index (χ1v) is 22.6. The van der Waals surface area contributed by atoms with Crippen molar-refractivity contribution >= 4 is 96.6 Å². The molecule has 3 heterocycles. The molecule has 6 nitrogen and oxygen atoms in total. The van der Waals surface area contributed by atoms with Gasteiger partial charge in [0.25, 0.3) is 0 Å². The van der Waals surface area contributed by atoms with E-state index in [1.54, 1.807) is 40.9 Å². The molecule has 0 radical (unpaired) electrons. The first-order chi connectivity index (χ1) is 24.5. The largest absolute Gasteiger partial charge is 0.325 e. The molecule has 0 saturated carbocycles. The number of thiol groups is 1. The van der Waals surface area contributed by atoms with E-state index in [0.717, 1.165) is 57.7 Å². The lowest BCUT2D eigenvalue weighted by Gasteiger charge is -2.03. The normalized spacial score (nSPS) is 10.5. The summed E-state index contributed by atoms with van der Waals surface area (Å²) >= 11 is 14.0. The Bertz CT molecular complexity index is 2030. The van der Waals surface area contributed by atoms with Gasteiger partial charge in [0.05, 0.1) is 41.5 Å². The topological polar surface area (TPSA) is 98.8 Å². The quantitative estimate of drug-likeness (QED) is 0.132. The maximum absolute atomic E-state index is 12.4. The number of aryl methyl sites for hydroxylation is 5. The summed E-state index contributed by atoms with van der Waals surface area (Å²) in [6, 6.07) is 23.9. The fraction of sp³-hybridized carbons (Fsp3) is 0.289. The number of sulfone groups is 1. The van der Waals surface area contributed by atoms with Crippen LogP contribution >= 0.6 is 86.7 Å². The van der Waals surface area contributed by atoms with E-state index in [1.165, 1.54) is 36.4 Å². The van der Waals surface area contributed by atoms with Crippen molar-refractivity contribution in [3.63, 3.8) is 0 Å². The number of rotatable bonds is 10. The van der Waals surface area contributed by atoms with E-state index in [2.05, 4.69) is 108 Å². The molecule has 0 unspecified atom stereocenters. The van der Waals surface area contributed by atoms with Crippen LogP contribution in [0.2, 0.25) is 0 Å². The second kappa shape index (κ2) is 24.4. The third kappa shape index (κ3) is 15.3. The van der Waals surface area contributed by atoms with Gasteiger partial charge < -0.3 is 5.73 Å². The molecule has 0 amide bonds. The van der Waals surface area contributed by atoms with Crippen LogP contribution in [0.25, 0.3) is 0 Å². The summed E-state index contributed by atoms with van der Waals surface area (Å²) in [7, 11) is -3.46. The minimum absolute atomic E-state index is 0. The molecule has 2 N–H and O–H groups in total. The summed E-state index contributed by atoms with van der Waals surface area (Å²) in [5.41, 5.74) is 9.19. The van der Waals surface area contributed by atoms with Crippen molar-refractivity contribution in [1.82, 2.24) is 15.0 Å². The Labute approximate surface area is 346 Å².